The van der Waals surface area contributed by atoms with Crippen LogP contribution in [0.25, 0.3) is 10.1 Å². The van der Waals surface area contributed by atoms with Crippen LogP contribution in [-0.4, -0.2) is 18.8 Å². The van der Waals surface area contributed by atoms with E-state index < -0.39 is 5.79 Å². The van der Waals surface area contributed by atoms with Crippen molar-refractivity contribution in [1.29, 1.82) is 0 Å². The predicted octanol–water partition coefficient (Wildman–Crippen LogP) is 5.48. The van der Waals surface area contributed by atoms with Crippen molar-refractivity contribution in [2.75, 3.05) is 12.4 Å². The van der Waals surface area contributed by atoms with Crippen LogP contribution in [0.1, 0.15) is 40.9 Å². The Morgan fingerprint density at radius 2 is 2.00 bits per heavy atom. The van der Waals surface area contributed by atoms with Gasteiger partial charge in [-0.15, -0.1) is 11.3 Å². The van der Waals surface area contributed by atoms with Crippen LogP contribution in [0.5, 0.6) is 11.5 Å². The predicted molar refractivity (Wildman–Crippen MR) is 109 cm³/mol. The first-order valence-corrected chi connectivity index (χ1v) is 10.4. The minimum Gasteiger partial charge on any atom is -0.448 e. The molecule has 1 spiro atoms. The summed E-state index contributed by atoms with van der Waals surface area (Å²) in [6.45, 7) is 0.160. The van der Waals surface area contributed by atoms with Gasteiger partial charge in [0.2, 0.25) is 0 Å². The Morgan fingerprint density at radius 3 is 2.79 bits per heavy atom. The van der Waals surface area contributed by atoms with Gasteiger partial charge in [-0.3, -0.25) is 4.79 Å². The average Bonchev–Trinajstić information content (AvgIpc) is 3.40. The maximum Gasteiger partial charge on any atom is 0.266 e. The molecule has 0 saturated heterocycles. The third-order valence-electron chi connectivity index (χ3n) is 5.42. The Labute approximate surface area is 171 Å². The third kappa shape index (κ3) is 3.14. The SMILES string of the molecule is COCc1c(C(=O)Nc2ccc3c(c2)OC2(CCCC2)O3)sc2cccc(F)c12. The molecule has 1 aliphatic heterocycles. The van der Waals surface area contributed by atoms with Crippen LogP contribution in [0.2, 0.25) is 0 Å². The van der Waals surface area contributed by atoms with Crippen LogP contribution in [0.4, 0.5) is 10.1 Å². The molecule has 29 heavy (non-hydrogen) atoms. The first-order valence-electron chi connectivity index (χ1n) is 9.61. The van der Waals surface area contributed by atoms with Gasteiger partial charge in [-0.05, 0) is 37.1 Å². The Balaban J connectivity index is 1.43. The highest BCUT2D eigenvalue weighted by atomic mass is 32.1. The monoisotopic (exact) mass is 413 g/mol. The lowest BCUT2D eigenvalue weighted by atomic mass is 10.1. The van der Waals surface area contributed by atoms with E-state index >= 15 is 0 Å². The Bertz CT molecular complexity index is 1100. The van der Waals surface area contributed by atoms with Crippen molar-refractivity contribution in [2.24, 2.45) is 0 Å². The number of rotatable bonds is 4. The fourth-order valence-electron chi connectivity index (χ4n) is 4.11. The second kappa shape index (κ2) is 7.00. The zero-order valence-electron chi connectivity index (χ0n) is 15.9. The number of thiophene rings is 1. The number of anilines is 1. The van der Waals surface area contributed by atoms with Crippen LogP contribution in [-0.2, 0) is 11.3 Å². The largest absolute Gasteiger partial charge is 0.448 e. The molecule has 1 aliphatic carbocycles. The lowest BCUT2D eigenvalue weighted by molar-refractivity contribution is -0.0716. The number of hydrogen-bond acceptors (Lipinski definition) is 5. The first kappa shape index (κ1) is 18.4. The van der Waals surface area contributed by atoms with Crippen LogP contribution >= 0.6 is 11.3 Å². The number of halogens is 1. The number of hydrogen-bond donors (Lipinski definition) is 1. The topological polar surface area (TPSA) is 56.8 Å². The number of carbonyl (C=O) groups is 1. The second-order valence-corrected chi connectivity index (χ2v) is 8.45. The number of methoxy groups -OCH3 is 1. The summed E-state index contributed by atoms with van der Waals surface area (Å²) in [5.41, 5.74) is 1.17. The number of nitrogens with one attached hydrogen (secondary N) is 1. The van der Waals surface area contributed by atoms with Crippen LogP contribution in [0.3, 0.4) is 0 Å². The van der Waals surface area contributed by atoms with E-state index in [9.17, 15) is 9.18 Å². The molecule has 150 valence electrons. The van der Waals surface area contributed by atoms with Crippen molar-refractivity contribution in [3.63, 3.8) is 0 Å². The normalized spacial score (nSPS) is 16.6. The molecular formula is C22H20FNO4S. The van der Waals surface area contributed by atoms with Crippen LogP contribution < -0.4 is 14.8 Å². The summed E-state index contributed by atoms with van der Waals surface area (Å²) >= 11 is 1.26. The minimum absolute atomic E-state index is 0.160. The maximum absolute atomic E-state index is 14.4. The summed E-state index contributed by atoms with van der Waals surface area (Å²) in [6, 6.07) is 10.2. The quantitative estimate of drug-likeness (QED) is 0.615. The summed E-state index contributed by atoms with van der Waals surface area (Å²) in [5, 5.41) is 3.35. The van der Waals surface area contributed by atoms with E-state index in [-0.39, 0.29) is 18.3 Å². The molecular weight excluding hydrogens is 393 g/mol. The van der Waals surface area contributed by atoms with Gasteiger partial charge in [-0.25, -0.2) is 4.39 Å². The number of benzene rings is 2. The van der Waals surface area contributed by atoms with Crippen LogP contribution in [0, 0.1) is 5.82 Å². The lowest BCUT2D eigenvalue weighted by Gasteiger charge is -2.21. The van der Waals surface area contributed by atoms with E-state index in [1.54, 1.807) is 24.3 Å². The van der Waals surface area contributed by atoms with E-state index in [0.717, 1.165) is 30.4 Å². The van der Waals surface area contributed by atoms with Crippen molar-refractivity contribution in [3.05, 3.63) is 52.7 Å². The molecule has 3 aromatic rings. The van der Waals surface area contributed by atoms with Crippen molar-refractivity contribution in [3.8, 4) is 11.5 Å². The van der Waals surface area contributed by atoms with Gasteiger partial charge in [-0.1, -0.05) is 6.07 Å². The van der Waals surface area contributed by atoms with Gasteiger partial charge in [0.25, 0.3) is 11.7 Å². The number of fused-ring (bicyclic) bond motifs is 2. The molecule has 7 heteroatoms. The van der Waals surface area contributed by atoms with Gasteiger partial charge in [-0.2, -0.15) is 0 Å². The van der Waals surface area contributed by atoms with Crippen molar-refractivity contribution in [1.82, 2.24) is 0 Å². The fraction of sp³-hybridized carbons (Fsp3) is 0.318. The third-order valence-corrected chi connectivity index (χ3v) is 6.61. The Morgan fingerprint density at radius 1 is 1.21 bits per heavy atom. The minimum atomic E-state index is -0.542. The van der Waals surface area contributed by atoms with E-state index in [1.807, 2.05) is 6.07 Å². The fourth-order valence-corrected chi connectivity index (χ4v) is 5.23. The van der Waals surface area contributed by atoms with Gasteiger partial charge < -0.3 is 19.5 Å². The number of amides is 1. The Kier molecular flexibility index (Phi) is 4.44. The molecule has 5 nitrogen and oxygen atoms in total. The van der Waals surface area contributed by atoms with Crippen molar-refractivity contribution < 1.29 is 23.4 Å². The van der Waals surface area contributed by atoms with Gasteiger partial charge in [0, 0.05) is 47.4 Å². The van der Waals surface area contributed by atoms with E-state index in [2.05, 4.69) is 5.32 Å². The molecule has 1 amide bonds. The summed E-state index contributed by atoms with van der Waals surface area (Å²) in [5.74, 6) is 0.152. The highest BCUT2D eigenvalue weighted by Gasteiger charge is 2.44. The van der Waals surface area contributed by atoms with E-state index in [1.165, 1.54) is 24.5 Å². The zero-order valence-corrected chi connectivity index (χ0v) is 16.7. The molecule has 1 fully saturated rings. The number of carbonyl (C=O) groups excluding carboxylic acids is 1. The van der Waals surface area contributed by atoms with Gasteiger partial charge >= 0.3 is 0 Å². The van der Waals surface area contributed by atoms with E-state index in [0.29, 0.717) is 33.0 Å². The lowest BCUT2D eigenvalue weighted by Crippen LogP contribution is -2.34. The number of ether oxygens (including phenoxy) is 3. The molecule has 1 N–H and O–H groups in total. The van der Waals surface area contributed by atoms with Gasteiger partial charge in [0.05, 0.1) is 11.5 Å². The molecule has 5 rings (SSSR count). The standard InChI is InChI=1S/C22H20FNO4S/c1-26-12-14-19-15(23)5-4-6-18(19)29-20(14)21(25)24-13-7-8-16-17(11-13)28-22(27-16)9-2-3-10-22/h4-8,11H,2-3,9-10,12H2,1H3,(H,24,25). The smallest absolute Gasteiger partial charge is 0.266 e. The molecule has 1 saturated carbocycles. The molecule has 0 unspecified atom stereocenters. The van der Waals surface area contributed by atoms with Gasteiger partial charge in [0.1, 0.15) is 5.82 Å². The summed E-state index contributed by atoms with van der Waals surface area (Å²) < 4.78 is 32.4. The molecule has 2 heterocycles. The molecule has 0 bridgehead atoms. The highest BCUT2D eigenvalue weighted by Crippen LogP contribution is 2.47. The second-order valence-electron chi connectivity index (χ2n) is 7.39. The summed E-state index contributed by atoms with van der Waals surface area (Å²) in [4.78, 5) is 13.4. The van der Waals surface area contributed by atoms with Crippen LogP contribution in [0.15, 0.2) is 36.4 Å². The average molecular weight is 413 g/mol. The summed E-state index contributed by atoms with van der Waals surface area (Å²) in [6.07, 6.45) is 3.92. The first-order chi connectivity index (χ1) is 14.1. The van der Waals surface area contributed by atoms with E-state index in [4.69, 9.17) is 14.2 Å². The molecule has 2 aliphatic rings. The van der Waals surface area contributed by atoms with Crippen molar-refractivity contribution in [2.45, 2.75) is 38.1 Å². The van der Waals surface area contributed by atoms with Gasteiger partial charge in [0.15, 0.2) is 11.5 Å². The Hall–Kier alpha value is -2.64. The molecule has 2 aromatic carbocycles. The molecule has 1 aromatic heterocycles. The summed E-state index contributed by atoms with van der Waals surface area (Å²) in [7, 11) is 1.53. The van der Waals surface area contributed by atoms with Crippen molar-refractivity contribution >= 4 is 33.0 Å². The zero-order chi connectivity index (χ0) is 20.0. The maximum atomic E-state index is 14.4. The molecule has 0 atom stereocenters. The highest BCUT2D eigenvalue weighted by molar-refractivity contribution is 7.21. The molecule has 0 radical (unpaired) electrons.